The first-order valence-corrected chi connectivity index (χ1v) is 28.2. The molecule has 0 bridgehead atoms. The minimum atomic E-state index is -0.832. The predicted octanol–water partition coefficient (Wildman–Crippen LogP) is 19.0. The zero-order valence-corrected chi connectivity index (χ0v) is 45.0. The van der Waals surface area contributed by atoms with Gasteiger partial charge in [0.25, 0.3) is 0 Å². The predicted molar refractivity (Wildman–Crippen MR) is 302 cm³/mol. The summed E-state index contributed by atoms with van der Waals surface area (Å²) in [5.74, 6) is -1.06. The first kappa shape index (κ1) is 65.5. The molecule has 0 aromatic rings. The zero-order valence-electron chi connectivity index (χ0n) is 45.0. The molecule has 0 amide bonds. The highest BCUT2D eigenvalue weighted by Gasteiger charge is 2.19. The molecule has 0 rings (SSSR count). The van der Waals surface area contributed by atoms with Gasteiger partial charge in [0.05, 0.1) is 0 Å². The summed E-state index contributed by atoms with van der Waals surface area (Å²) in [6.45, 7) is 6.29. The van der Waals surface area contributed by atoms with E-state index >= 15 is 0 Å². The highest BCUT2D eigenvalue weighted by molar-refractivity contribution is 5.71. The first-order chi connectivity index (χ1) is 34.5. The Morgan fingerprint density at radius 2 is 0.586 bits per heavy atom. The molecule has 0 heterocycles. The van der Waals surface area contributed by atoms with Crippen molar-refractivity contribution < 1.29 is 28.6 Å². The summed E-state index contributed by atoms with van der Waals surface area (Å²) in [4.78, 5) is 38.1. The Morgan fingerprint density at radius 1 is 0.300 bits per heavy atom. The van der Waals surface area contributed by atoms with Gasteiger partial charge < -0.3 is 14.2 Å². The lowest BCUT2D eigenvalue weighted by Gasteiger charge is -2.18. The van der Waals surface area contributed by atoms with Gasteiger partial charge in [0.2, 0.25) is 0 Å². The summed E-state index contributed by atoms with van der Waals surface area (Å²) in [6.07, 6.45) is 80.3. The Kier molecular flexibility index (Phi) is 53.5. The highest BCUT2D eigenvalue weighted by Crippen LogP contribution is 2.13. The van der Waals surface area contributed by atoms with Crippen molar-refractivity contribution in [2.24, 2.45) is 0 Å². The van der Waals surface area contributed by atoms with Crippen LogP contribution in [0.2, 0.25) is 0 Å². The molecule has 0 N–H and O–H groups in total. The number of carbonyl (C=O) groups is 3. The van der Waals surface area contributed by atoms with E-state index in [1.807, 2.05) is 12.2 Å². The van der Waals surface area contributed by atoms with Crippen LogP contribution < -0.4 is 0 Å². The van der Waals surface area contributed by atoms with Crippen LogP contribution in [0.1, 0.15) is 233 Å². The summed E-state index contributed by atoms with van der Waals surface area (Å²) in [5, 5.41) is 0. The molecule has 0 saturated carbocycles. The Hall–Kier alpha value is -4.45. The lowest BCUT2D eigenvalue weighted by molar-refractivity contribution is -0.166. The first-order valence-electron chi connectivity index (χ1n) is 28.2. The van der Waals surface area contributed by atoms with Gasteiger partial charge >= 0.3 is 17.9 Å². The molecule has 70 heavy (non-hydrogen) atoms. The van der Waals surface area contributed by atoms with E-state index in [-0.39, 0.29) is 44.0 Å². The molecule has 1 unspecified atom stereocenters. The lowest BCUT2D eigenvalue weighted by Crippen LogP contribution is -2.30. The van der Waals surface area contributed by atoms with Gasteiger partial charge in [-0.25, -0.2) is 0 Å². The number of unbranched alkanes of at least 4 members (excludes halogenated alkanes) is 16. The third kappa shape index (κ3) is 54.5. The van der Waals surface area contributed by atoms with Crippen molar-refractivity contribution in [1.82, 2.24) is 0 Å². The monoisotopic (exact) mass is 967 g/mol. The van der Waals surface area contributed by atoms with E-state index in [9.17, 15) is 14.4 Å². The smallest absolute Gasteiger partial charge is 0.306 e. The molecule has 0 aromatic carbocycles. The fourth-order valence-corrected chi connectivity index (χ4v) is 7.22. The summed E-state index contributed by atoms with van der Waals surface area (Å²) in [6, 6.07) is 0. The molecule has 0 aliphatic carbocycles. The molecule has 0 saturated heterocycles. The van der Waals surface area contributed by atoms with E-state index in [0.717, 1.165) is 96.3 Å². The van der Waals surface area contributed by atoms with Crippen LogP contribution in [0.25, 0.3) is 0 Å². The van der Waals surface area contributed by atoms with E-state index in [1.54, 1.807) is 0 Å². The second kappa shape index (κ2) is 57.1. The second-order valence-corrected chi connectivity index (χ2v) is 18.1. The number of allylic oxidation sites excluding steroid dienone is 22. The fourth-order valence-electron chi connectivity index (χ4n) is 7.22. The van der Waals surface area contributed by atoms with Gasteiger partial charge in [-0.15, -0.1) is 0 Å². The zero-order chi connectivity index (χ0) is 50.7. The molecule has 6 heteroatoms. The number of hydrogen-bond acceptors (Lipinski definition) is 6. The second-order valence-electron chi connectivity index (χ2n) is 18.1. The van der Waals surface area contributed by atoms with Gasteiger partial charge in [0, 0.05) is 19.3 Å². The third-order valence-corrected chi connectivity index (χ3v) is 11.4. The summed E-state index contributed by atoms with van der Waals surface area (Å²) in [7, 11) is 0. The summed E-state index contributed by atoms with van der Waals surface area (Å²) < 4.78 is 16.7. The van der Waals surface area contributed by atoms with Crippen molar-refractivity contribution in [2.75, 3.05) is 13.2 Å². The van der Waals surface area contributed by atoms with Crippen LogP contribution >= 0.6 is 0 Å². The van der Waals surface area contributed by atoms with Gasteiger partial charge in [-0.1, -0.05) is 225 Å². The van der Waals surface area contributed by atoms with Crippen LogP contribution in [0.4, 0.5) is 0 Å². The number of esters is 3. The van der Waals surface area contributed by atoms with Crippen LogP contribution in [0.15, 0.2) is 134 Å². The third-order valence-electron chi connectivity index (χ3n) is 11.4. The molecular weight excluding hydrogens is 865 g/mol. The molecule has 0 aliphatic heterocycles. The Labute approximate surface area is 430 Å². The standard InChI is InChI=1S/C64H102O6/c1-4-7-10-13-16-19-22-25-27-29-31-32-33-35-36-39-42-45-48-51-54-57-63(66)69-60-61(59-68-62(65)56-53-50-47-44-41-38-24-21-18-15-12-9-6-3)70-64(67)58-55-52-49-46-43-40-37-34-30-28-26-23-20-17-14-11-8-5-2/h7,9-10,12,16,18-19,21,25,27-28,30-32,35-36,38,41-42,45,47,50,61H,4-6,8,11,13-15,17,20,22-24,26,29,33-34,37,39-40,43-44,46,48-49,51-60H2,1-3H3/b10-7-,12-9-,19-16-,21-18-,27-25-,30-28-,32-31-,36-35-,41-38-,45-42-,50-47-. The summed E-state index contributed by atoms with van der Waals surface area (Å²) >= 11 is 0. The average Bonchev–Trinajstić information content (AvgIpc) is 3.36. The molecule has 0 aliphatic rings. The van der Waals surface area contributed by atoms with Crippen molar-refractivity contribution >= 4 is 17.9 Å². The van der Waals surface area contributed by atoms with Crippen molar-refractivity contribution in [3.8, 4) is 0 Å². The van der Waals surface area contributed by atoms with Crippen molar-refractivity contribution in [3.63, 3.8) is 0 Å². The quantitative estimate of drug-likeness (QED) is 0.0262. The number of carbonyl (C=O) groups excluding carboxylic acids is 3. The van der Waals surface area contributed by atoms with E-state index < -0.39 is 6.10 Å². The van der Waals surface area contributed by atoms with Crippen LogP contribution in [0.3, 0.4) is 0 Å². The van der Waals surface area contributed by atoms with Crippen LogP contribution in [0.5, 0.6) is 0 Å². The van der Waals surface area contributed by atoms with Gasteiger partial charge in [-0.2, -0.15) is 0 Å². The van der Waals surface area contributed by atoms with Crippen LogP contribution in [0, 0.1) is 0 Å². The number of rotatable bonds is 49. The van der Waals surface area contributed by atoms with E-state index in [4.69, 9.17) is 14.2 Å². The van der Waals surface area contributed by atoms with Gasteiger partial charge in [-0.3, -0.25) is 14.4 Å². The van der Waals surface area contributed by atoms with Gasteiger partial charge in [0.15, 0.2) is 6.10 Å². The Bertz CT molecular complexity index is 1530. The molecule has 394 valence electrons. The maximum Gasteiger partial charge on any atom is 0.306 e. The lowest BCUT2D eigenvalue weighted by atomic mass is 10.1. The number of ether oxygens (including phenoxy) is 3. The van der Waals surface area contributed by atoms with Crippen molar-refractivity contribution in [1.29, 1.82) is 0 Å². The van der Waals surface area contributed by atoms with Gasteiger partial charge in [0.1, 0.15) is 13.2 Å². The largest absolute Gasteiger partial charge is 0.462 e. The molecule has 0 fully saturated rings. The minimum Gasteiger partial charge on any atom is -0.462 e. The minimum absolute atomic E-state index is 0.129. The molecular formula is C64H102O6. The van der Waals surface area contributed by atoms with E-state index in [2.05, 4.69) is 142 Å². The normalized spacial score (nSPS) is 13.1. The van der Waals surface area contributed by atoms with Crippen molar-refractivity contribution in [2.45, 2.75) is 239 Å². The van der Waals surface area contributed by atoms with Crippen LogP contribution in [-0.2, 0) is 28.6 Å². The highest BCUT2D eigenvalue weighted by atomic mass is 16.6. The fraction of sp³-hybridized carbons (Fsp3) is 0.609. The van der Waals surface area contributed by atoms with Gasteiger partial charge in [-0.05, 0) is 122 Å². The topological polar surface area (TPSA) is 78.9 Å². The average molecular weight is 968 g/mol. The van der Waals surface area contributed by atoms with E-state index in [1.165, 1.54) is 83.5 Å². The van der Waals surface area contributed by atoms with E-state index in [0.29, 0.717) is 19.3 Å². The summed E-state index contributed by atoms with van der Waals surface area (Å²) in [5.41, 5.74) is 0. The Morgan fingerprint density at radius 3 is 1.00 bits per heavy atom. The molecule has 0 spiro atoms. The maximum absolute atomic E-state index is 12.8. The molecule has 0 aromatic heterocycles. The van der Waals surface area contributed by atoms with Crippen LogP contribution in [-0.4, -0.2) is 37.2 Å². The maximum atomic E-state index is 12.8. The molecule has 6 nitrogen and oxygen atoms in total. The molecule has 0 radical (unpaired) electrons. The SMILES string of the molecule is CC/C=C\C/C=C\C/C=C\C/C=C\C/C=C\C/C=C\CCCCC(=O)OCC(COC(=O)CC/C=C\C/C=C\C/C=C\C/C=C\CC)OC(=O)CCCCCCCCC/C=C\CCCCCCCCC. The van der Waals surface area contributed by atoms with Crippen molar-refractivity contribution in [3.05, 3.63) is 134 Å². The Balaban J connectivity index is 4.54. The number of hydrogen-bond donors (Lipinski definition) is 0. The molecule has 1 atom stereocenters.